The maximum Gasteiger partial charge on any atom is 0.0782 e. The van der Waals surface area contributed by atoms with Gasteiger partial charge in [0.25, 0.3) is 0 Å². The van der Waals surface area contributed by atoms with Gasteiger partial charge in [0.05, 0.1) is 21.1 Å². The summed E-state index contributed by atoms with van der Waals surface area (Å²) in [5, 5.41) is 5.36. The molecular weight excluding hydrogens is 336 g/mol. The number of rotatable bonds is 3. The lowest BCUT2D eigenvalue weighted by Gasteiger charge is -2.18. The molecule has 1 atom stereocenters. The molecule has 0 heterocycles. The molecule has 0 fully saturated rings. The van der Waals surface area contributed by atoms with Crippen LogP contribution in [0.5, 0.6) is 0 Å². The Balaban J connectivity index is 2.26. The molecule has 0 bridgehead atoms. The van der Waals surface area contributed by atoms with Crippen LogP contribution >= 0.6 is 46.4 Å². The van der Waals surface area contributed by atoms with E-state index in [2.05, 4.69) is 5.32 Å². The Morgan fingerprint density at radius 2 is 1.60 bits per heavy atom. The van der Waals surface area contributed by atoms with Crippen LogP contribution < -0.4 is 5.32 Å². The van der Waals surface area contributed by atoms with Crippen LogP contribution in [0.3, 0.4) is 0 Å². The number of nitrogens with one attached hydrogen (secondary N) is 1. The van der Waals surface area contributed by atoms with E-state index in [0.717, 1.165) is 21.8 Å². The molecule has 1 nitrogen and oxygen atoms in total. The summed E-state index contributed by atoms with van der Waals surface area (Å²) in [5.41, 5.74) is 2.85. The van der Waals surface area contributed by atoms with Crippen molar-refractivity contribution >= 4 is 52.1 Å². The van der Waals surface area contributed by atoms with Crippen molar-refractivity contribution in [1.82, 2.24) is 0 Å². The van der Waals surface area contributed by atoms with Crippen molar-refractivity contribution in [1.29, 1.82) is 0 Å². The lowest BCUT2D eigenvalue weighted by atomic mass is 10.1. The molecule has 0 aliphatic heterocycles. The van der Waals surface area contributed by atoms with Gasteiger partial charge in [-0.3, -0.25) is 0 Å². The predicted molar refractivity (Wildman–Crippen MR) is 89.7 cm³/mol. The SMILES string of the molecule is Cc1ccc(NC(C)c2ccc(Cl)c(Cl)c2Cl)cc1Cl. The van der Waals surface area contributed by atoms with Gasteiger partial charge in [-0.1, -0.05) is 58.5 Å². The summed E-state index contributed by atoms with van der Waals surface area (Å²) in [4.78, 5) is 0. The molecule has 0 radical (unpaired) electrons. The summed E-state index contributed by atoms with van der Waals surface area (Å²) in [7, 11) is 0. The second kappa shape index (κ2) is 6.44. The molecule has 0 spiro atoms. The highest BCUT2D eigenvalue weighted by Crippen LogP contribution is 2.36. The van der Waals surface area contributed by atoms with E-state index in [4.69, 9.17) is 46.4 Å². The van der Waals surface area contributed by atoms with E-state index >= 15 is 0 Å². The maximum atomic E-state index is 6.23. The Kier molecular flexibility index (Phi) is 5.09. The Bertz CT molecular complexity index is 640. The smallest absolute Gasteiger partial charge is 0.0782 e. The number of benzene rings is 2. The summed E-state index contributed by atoms with van der Waals surface area (Å²) < 4.78 is 0. The Labute approximate surface area is 138 Å². The molecule has 0 aromatic heterocycles. The molecule has 2 aromatic rings. The van der Waals surface area contributed by atoms with Crippen LogP contribution in [-0.2, 0) is 0 Å². The first-order chi connectivity index (χ1) is 9.40. The summed E-state index contributed by atoms with van der Waals surface area (Å²) >= 11 is 24.3. The highest BCUT2D eigenvalue weighted by atomic mass is 35.5. The molecule has 0 saturated carbocycles. The van der Waals surface area contributed by atoms with E-state index in [9.17, 15) is 0 Å². The van der Waals surface area contributed by atoms with Gasteiger partial charge in [-0.25, -0.2) is 0 Å². The normalized spacial score (nSPS) is 12.3. The van der Waals surface area contributed by atoms with Gasteiger partial charge in [0, 0.05) is 10.7 Å². The summed E-state index contributed by atoms with van der Waals surface area (Å²) in [6.07, 6.45) is 0. The molecule has 0 aliphatic carbocycles. The highest BCUT2D eigenvalue weighted by molar-refractivity contribution is 6.48. The minimum Gasteiger partial charge on any atom is -0.378 e. The van der Waals surface area contributed by atoms with Crippen molar-refractivity contribution in [3.05, 3.63) is 61.5 Å². The summed E-state index contributed by atoms with van der Waals surface area (Å²) in [5.74, 6) is 0. The standard InChI is InChI=1S/C15H13Cl4N/c1-8-3-4-10(7-13(8)17)20-9(2)11-5-6-12(16)15(19)14(11)18/h3-7,9,20H,1-2H3. The number of halogens is 4. The number of hydrogen-bond acceptors (Lipinski definition) is 1. The second-order valence-corrected chi connectivity index (χ2v) is 6.16. The molecule has 2 rings (SSSR count). The average Bonchev–Trinajstić information content (AvgIpc) is 2.40. The zero-order valence-corrected chi connectivity index (χ0v) is 14.0. The largest absolute Gasteiger partial charge is 0.378 e. The van der Waals surface area contributed by atoms with Crippen molar-refractivity contribution in [2.24, 2.45) is 0 Å². The first kappa shape index (κ1) is 15.8. The molecule has 106 valence electrons. The average molecular weight is 349 g/mol. The lowest BCUT2D eigenvalue weighted by molar-refractivity contribution is 0.885. The second-order valence-electron chi connectivity index (χ2n) is 4.59. The van der Waals surface area contributed by atoms with Crippen molar-refractivity contribution in [2.45, 2.75) is 19.9 Å². The fraction of sp³-hybridized carbons (Fsp3) is 0.200. The minimum atomic E-state index is -0.0176. The Hall–Kier alpha value is -0.600. The number of aryl methyl sites for hydroxylation is 1. The fourth-order valence-corrected chi connectivity index (χ4v) is 2.77. The highest BCUT2D eigenvalue weighted by Gasteiger charge is 2.14. The maximum absolute atomic E-state index is 6.23. The first-order valence-electron chi connectivity index (χ1n) is 6.06. The molecule has 0 aliphatic rings. The van der Waals surface area contributed by atoms with Crippen molar-refractivity contribution in [3.63, 3.8) is 0 Å². The van der Waals surface area contributed by atoms with Crippen molar-refractivity contribution < 1.29 is 0 Å². The molecule has 1 N–H and O–H groups in total. The van der Waals surface area contributed by atoms with Gasteiger partial charge in [-0.05, 0) is 43.2 Å². The monoisotopic (exact) mass is 347 g/mol. The Morgan fingerprint density at radius 3 is 2.25 bits per heavy atom. The lowest BCUT2D eigenvalue weighted by Crippen LogP contribution is -2.07. The van der Waals surface area contributed by atoms with E-state index < -0.39 is 0 Å². The minimum absolute atomic E-state index is 0.0176. The van der Waals surface area contributed by atoms with E-state index in [0.29, 0.717) is 15.1 Å². The van der Waals surface area contributed by atoms with E-state index in [1.165, 1.54) is 0 Å². The van der Waals surface area contributed by atoms with Gasteiger partial charge in [0.15, 0.2) is 0 Å². The molecule has 0 amide bonds. The third kappa shape index (κ3) is 3.35. The zero-order chi connectivity index (χ0) is 14.9. The van der Waals surface area contributed by atoms with E-state index in [-0.39, 0.29) is 6.04 Å². The zero-order valence-electron chi connectivity index (χ0n) is 11.0. The molecule has 2 aromatic carbocycles. The van der Waals surface area contributed by atoms with Crippen LogP contribution in [0.2, 0.25) is 20.1 Å². The van der Waals surface area contributed by atoms with E-state index in [1.807, 2.05) is 38.1 Å². The quantitative estimate of drug-likeness (QED) is 0.602. The van der Waals surface area contributed by atoms with Crippen LogP contribution in [-0.4, -0.2) is 0 Å². The molecule has 20 heavy (non-hydrogen) atoms. The molecule has 5 heteroatoms. The van der Waals surface area contributed by atoms with Gasteiger partial charge in [0.1, 0.15) is 0 Å². The molecule has 1 unspecified atom stereocenters. The number of anilines is 1. The van der Waals surface area contributed by atoms with E-state index in [1.54, 1.807) is 6.07 Å². The van der Waals surface area contributed by atoms with Gasteiger partial charge in [0.2, 0.25) is 0 Å². The van der Waals surface area contributed by atoms with Gasteiger partial charge >= 0.3 is 0 Å². The van der Waals surface area contributed by atoms with Crippen LogP contribution in [0.25, 0.3) is 0 Å². The van der Waals surface area contributed by atoms with Crippen molar-refractivity contribution in [3.8, 4) is 0 Å². The van der Waals surface area contributed by atoms with Crippen molar-refractivity contribution in [2.75, 3.05) is 5.32 Å². The third-order valence-corrected chi connectivity index (χ3v) is 4.80. The first-order valence-corrected chi connectivity index (χ1v) is 7.57. The predicted octanol–water partition coefficient (Wildman–Crippen LogP) is 6.78. The van der Waals surface area contributed by atoms with Gasteiger partial charge in [-0.15, -0.1) is 0 Å². The number of hydrogen-bond donors (Lipinski definition) is 1. The van der Waals surface area contributed by atoms with Crippen LogP contribution in [0, 0.1) is 6.92 Å². The molecule has 0 saturated heterocycles. The van der Waals surface area contributed by atoms with Crippen LogP contribution in [0.15, 0.2) is 30.3 Å². The van der Waals surface area contributed by atoms with Crippen LogP contribution in [0.4, 0.5) is 5.69 Å². The molecular formula is C15H13Cl4N. The topological polar surface area (TPSA) is 12.0 Å². The summed E-state index contributed by atoms with van der Waals surface area (Å²) in [6, 6.07) is 9.42. The Morgan fingerprint density at radius 1 is 0.900 bits per heavy atom. The van der Waals surface area contributed by atoms with Crippen LogP contribution in [0.1, 0.15) is 24.1 Å². The van der Waals surface area contributed by atoms with Gasteiger partial charge < -0.3 is 5.32 Å². The third-order valence-electron chi connectivity index (χ3n) is 3.09. The van der Waals surface area contributed by atoms with Gasteiger partial charge in [-0.2, -0.15) is 0 Å². The fourth-order valence-electron chi connectivity index (χ4n) is 1.89. The summed E-state index contributed by atoms with van der Waals surface area (Å²) in [6.45, 7) is 3.96.